The topological polar surface area (TPSA) is 69.8 Å². The molecule has 0 bridgehead atoms. The van der Waals surface area contributed by atoms with Crippen molar-refractivity contribution in [3.63, 3.8) is 0 Å². The van der Waals surface area contributed by atoms with Gasteiger partial charge in [0.05, 0.1) is 5.69 Å². The maximum atomic E-state index is 12.1. The maximum Gasteiger partial charge on any atom is 0.269 e. The van der Waals surface area contributed by atoms with Gasteiger partial charge in [-0.1, -0.05) is 30.3 Å². The molecule has 0 aliphatic carbocycles. The molecule has 1 aliphatic rings. The molecule has 1 atom stereocenters. The Balaban J connectivity index is 0.00000161. The third-order valence-corrected chi connectivity index (χ3v) is 3.52. The van der Waals surface area contributed by atoms with E-state index in [4.69, 9.17) is 0 Å². The smallest absolute Gasteiger partial charge is 0.269 e. The molecular formula is C15H19ClN4O. The molecule has 0 saturated carbocycles. The van der Waals surface area contributed by atoms with E-state index in [1.54, 1.807) is 6.07 Å². The Kier molecular flexibility index (Phi) is 5.36. The van der Waals surface area contributed by atoms with Crippen molar-refractivity contribution >= 4 is 18.3 Å². The molecule has 0 radical (unpaired) electrons. The normalized spacial score (nSPS) is 17.8. The molecule has 2 aromatic rings. The van der Waals surface area contributed by atoms with Crippen LogP contribution in [0.3, 0.4) is 0 Å². The number of amides is 1. The van der Waals surface area contributed by atoms with E-state index in [2.05, 4.69) is 20.8 Å². The van der Waals surface area contributed by atoms with Crippen molar-refractivity contribution < 1.29 is 4.79 Å². The summed E-state index contributed by atoms with van der Waals surface area (Å²) in [5.74, 6) is -0.0895. The molecule has 3 rings (SSSR count). The maximum absolute atomic E-state index is 12.1. The number of carbonyl (C=O) groups is 1. The highest BCUT2D eigenvalue weighted by molar-refractivity contribution is 5.93. The summed E-state index contributed by atoms with van der Waals surface area (Å²) in [6.07, 6.45) is 2.13. The average molecular weight is 307 g/mol. The predicted octanol–water partition coefficient (Wildman–Crippen LogP) is 1.98. The van der Waals surface area contributed by atoms with E-state index in [9.17, 15) is 4.79 Å². The van der Waals surface area contributed by atoms with Crippen LogP contribution in [0.15, 0.2) is 36.4 Å². The van der Waals surface area contributed by atoms with Crippen LogP contribution in [0.1, 0.15) is 23.3 Å². The quantitative estimate of drug-likeness (QED) is 0.812. The summed E-state index contributed by atoms with van der Waals surface area (Å²) >= 11 is 0. The van der Waals surface area contributed by atoms with Crippen molar-refractivity contribution in [3.05, 3.63) is 42.1 Å². The van der Waals surface area contributed by atoms with Gasteiger partial charge in [0.1, 0.15) is 5.69 Å². The number of hydrogen-bond acceptors (Lipinski definition) is 3. The first kappa shape index (κ1) is 15.5. The second-order valence-corrected chi connectivity index (χ2v) is 5.05. The zero-order valence-electron chi connectivity index (χ0n) is 11.6. The molecule has 21 heavy (non-hydrogen) atoms. The molecule has 1 aromatic carbocycles. The zero-order chi connectivity index (χ0) is 13.8. The van der Waals surface area contributed by atoms with Crippen molar-refractivity contribution in [2.24, 2.45) is 0 Å². The van der Waals surface area contributed by atoms with Gasteiger partial charge in [0, 0.05) is 18.2 Å². The number of hydrogen-bond donors (Lipinski definition) is 3. The molecule has 112 valence electrons. The summed E-state index contributed by atoms with van der Waals surface area (Å²) in [4.78, 5) is 12.1. The van der Waals surface area contributed by atoms with Crippen LogP contribution in [0.5, 0.6) is 0 Å². The van der Waals surface area contributed by atoms with E-state index in [-0.39, 0.29) is 24.4 Å². The number of benzene rings is 1. The van der Waals surface area contributed by atoms with Gasteiger partial charge < -0.3 is 10.6 Å². The second kappa shape index (κ2) is 7.24. The van der Waals surface area contributed by atoms with E-state index in [0.29, 0.717) is 5.69 Å². The van der Waals surface area contributed by atoms with Gasteiger partial charge in [-0.15, -0.1) is 12.4 Å². The molecule has 0 spiro atoms. The summed E-state index contributed by atoms with van der Waals surface area (Å²) in [6.45, 7) is 1.88. The van der Waals surface area contributed by atoms with Crippen molar-refractivity contribution in [2.45, 2.75) is 18.9 Å². The van der Waals surface area contributed by atoms with Gasteiger partial charge in [0.2, 0.25) is 0 Å². The molecule has 1 fully saturated rings. The zero-order valence-corrected chi connectivity index (χ0v) is 12.5. The van der Waals surface area contributed by atoms with Crippen molar-refractivity contribution in [1.82, 2.24) is 20.8 Å². The number of nitrogens with one attached hydrogen (secondary N) is 3. The number of halogens is 1. The summed E-state index contributed by atoms with van der Waals surface area (Å²) in [7, 11) is 0. The van der Waals surface area contributed by atoms with E-state index in [1.165, 1.54) is 0 Å². The lowest BCUT2D eigenvalue weighted by Gasteiger charge is -2.23. The first-order chi connectivity index (χ1) is 9.83. The van der Waals surface area contributed by atoms with Crippen LogP contribution in [-0.2, 0) is 0 Å². The number of carbonyl (C=O) groups excluding carboxylic acids is 1. The molecule has 1 aromatic heterocycles. The number of aromatic amines is 1. The molecule has 1 aliphatic heterocycles. The van der Waals surface area contributed by atoms with Crippen LogP contribution >= 0.6 is 12.4 Å². The lowest BCUT2D eigenvalue weighted by molar-refractivity contribution is 0.0925. The Hall–Kier alpha value is -1.85. The standard InChI is InChI=1S/C15H18N4O.ClH/c20-15(17-12-7-4-8-16-10-12)14-9-13(18-19-14)11-5-2-1-3-6-11;/h1-3,5-6,9,12,16H,4,7-8,10H2,(H,17,20)(H,18,19);1H/t12-;/m0./s1. The largest absolute Gasteiger partial charge is 0.347 e. The summed E-state index contributed by atoms with van der Waals surface area (Å²) in [5.41, 5.74) is 2.30. The minimum atomic E-state index is -0.0895. The summed E-state index contributed by atoms with van der Waals surface area (Å²) in [5, 5.41) is 13.3. The molecule has 6 heteroatoms. The van der Waals surface area contributed by atoms with Gasteiger partial charge in [0.25, 0.3) is 5.91 Å². The SMILES string of the molecule is Cl.O=C(N[C@H]1CCCNC1)c1cc(-c2ccccc2)n[nH]1. The number of rotatable bonds is 3. The number of aromatic nitrogens is 2. The van der Waals surface area contributed by atoms with Crippen LogP contribution in [0.4, 0.5) is 0 Å². The van der Waals surface area contributed by atoms with Crippen LogP contribution in [0, 0.1) is 0 Å². The van der Waals surface area contributed by atoms with Gasteiger partial charge in [-0.25, -0.2) is 0 Å². The summed E-state index contributed by atoms with van der Waals surface area (Å²) in [6, 6.07) is 11.8. The van der Waals surface area contributed by atoms with Gasteiger partial charge in [-0.3, -0.25) is 9.89 Å². The Morgan fingerprint density at radius 2 is 2.10 bits per heavy atom. The Bertz CT molecular complexity index is 578. The summed E-state index contributed by atoms with van der Waals surface area (Å²) < 4.78 is 0. The number of nitrogens with zero attached hydrogens (tertiary/aromatic N) is 1. The van der Waals surface area contributed by atoms with E-state index in [1.807, 2.05) is 30.3 Å². The highest BCUT2D eigenvalue weighted by Gasteiger charge is 2.17. The van der Waals surface area contributed by atoms with Gasteiger partial charge in [-0.2, -0.15) is 5.10 Å². The van der Waals surface area contributed by atoms with Gasteiger partial charge >= 0.3 is 0 Å². The minimum Gasteiger partial charge on any atom is -0.347 e. The fourth-order valence-corrected chi connectivity index (χ4v) is 2.43. The first-order valence-electron chi connectivity index (χ1n) is 6.95. The molecule has 2 heterocycles. The van der Waals surface area contributed by atoms with Crippen LogP contribution < -0.4 is 10.6 Å². The second-order valence-electron chi connectivity index (χ2n) is 5.05. The molecule has 5 nitrogen and oxygen atoms in total. The highest BCUT2D eigenvalue weighted by Crippen LogP contribution is 2.17. The van der Waals surface area contributed by atoms with Crippen molar-refractivity contribution in [1.29, 1.82) is 0 Å². The highest BCUT2D eigenvalue weighted by atomic mass is 35.5. The Morgan fingerprint density at radius 3 is 2.81 bits per heavy atom. The predicted molar refractivity (Wildman–Crippen MR) is 84.6 cm³/mol. The van der Waals surface area contributed by atoms with E-state index < -0.39 is 0 Å². The van der Waals surface area contributed by atoms with Crippen molar-refractivity contribution in [2.75, 3.05) is 13.1 Å². The molecule has 0 unspecified atom stereocenters. The van der Waals surface area contributed by atoms with E-state index in [0.717, 1.165) is 37.2 Å². The first-order valence-corrected chi connectivity index (χ1v) is 6.95. The number of piperidine rings is 1. The third-order valence-electron chi connectivity index (χ3n) is 3.52. The van der Waals surface area contributed by atoms with Crippen LogP contribution in [-0.4, -0.2) is 35.2 Å². The van der Waals surface area contributed by atoms with Gasteiger partial charge in [-0.05, 0) is 25.5 Å². The van der Waals surface area contributed by atoms with E-state index >= 15 is 0 Å². The monoisotopic (exact) mass is 306 g/mol. The molecule has 1 saturated heterocycles. The minimum absolute atomic E-state index is 0. The van der Waals surface area contributed by atoms with Crippen molar-refractivity contribution in [3.8, 4) is 11.3 Å². The number of H-pyrrole nitrogens is 1. The van der Waals surface area contributed by atoms with Crippen LogP contribution in [0.25, 0.3) is 11.3 Å². The molecular weight excluding hydrogens is 288 g/mol. The molecule has 1 amide bonds. The van der Waals surface area contributed by atoms with Crippen LogP contribution in [0.2, 0.25) is 0 Å². The lowest BCUT2D eigenvalue weighted by atomic mass is 10.1. The van der Waals surface area contributed by atoms with Gasteiger partial charge in [0.15, 0.2) is 0 Å². The Labute approximate surface area is 129 Å². The fourth-order valence-electron chi connectivity index (χ4n) is 2.43. The lowest BCUT2D eigenvalue weighted by Crippen LogP contribution is -2.45. The Morgan fingerprint density at radius 1 is 1.29 bits per heavy atom. The fraction of sp³-hybridized carbons (Fsp3) is 0.333. The third kappa shape index (κ3) is 3.83. The average Bonchev–Trinajstić information content (AvgIpc) is 2.99. The molecule has 3 N–H and O–H groups in total.